The van der Waals surface area contributed by atoms with Crippen molar-refractivity contribution in [1.29, 1.82) is 0 Å². The first kappa shape index (κ1) is 24.4. The third kappa shape index (κ3) is 6.08. The van der Waals surface area contributed by atoms with Crippen molar-refractivity contribution in [1.82, 2.24) is 0 Å². The first-order valence-corrected chi connectivity index (χ1v) is 13.7. The van der Waals surface area contributed by atoms with Crippen molar-refractivity contribution >= 4 is 32.5 Å². The van der Waals surface area contributed by atoms with E-state index in [1.165, 1.54) is 0 Å². The van der Waals surface area contributed by atoms with Gasteiger partial charge in [0, 0.05) is 6.61 Å². The smallest absolute Gasteiger partial charge is 0.369 e. The van der Waals surface area contributed by atoms with Gasteiger partial charge >= 0.3 is 13.8 Å². The zero-order valence-electron chi connectivity index (χ0n) is 18.2. The Morgan fingerprint density at radius 1 is 1.03 bits per heavy atom. The van der Waals surface area contributed by atoms with E-state index in [0.29, 0.717) is 6.61 Å². The van der Waals surface area contributed by atoms with Crippen LogP contribution in [0.5, 0.6) is 0 Å². The molecule has 2 rings (SSSR count). The van der Waals surface area contributed by atoms with E-state index in [0.717, 1.165) is 10.4 Å². The predicted octanol–water partition coefficient (Wildman–Crippen LogP) is 4.23. The second-order valence-electron chi connectivity index (χ2n) is 8.29. The average molecular weight is 448 g/mol. The molecule has 0 saturated carbocycles. The van der Waals surface area contributed by atoms with Crippen LogP contribution in [0.3, 0.4) is 0 Å². The van der Waals surface area contributed by atoms with Crippen molar-refractivity contribution in [2.75, 3.05) is 19.1 Å². The number of carboxylic acids is 1. The van der Waals surface area contributed by atoms with Gasteiger partial charge in [0.2, 0.25) is 6.35 Å². The summed E-state index contributed by atoms with van der Waals surface area (Å²) in [6.07, 6.45) is -0.589. The quantitative estimate of drug-likeness (QED) is 0.412. The zero-order chi connectivity index (χ0) is 22.2. The molecular formula is C23H32O5PSi+. The summed E-state index contributed by atoms with van der Waals surface area (Å²) in [5, 5.41) is 11.4. The Hall–Kier alpha value is -1.85. The summed E-state index contributed by atoms with van der Waals surface area (Å²) in [5.74, 6) is -0.960. The average Bonchev–Trinajstić information content (AvgIpc) is 2.70. The van der Waals surface area contributed by atoms with Crippen LogP contribution < -0.4 is 10.4 Å². The lowest BCUT2D eigenvalue weighted by molar-refractivity contribution is -0.138. The van der Waals surface area contributed by atoms with Crippen LogP contribution in [0.25, 0.3) is 0 Å². The first-order valence-electron chi connectivity index (χ1n) is 10.2. The number of aliphatic carboxylic acids is 1. The summed E-state index contributed by atoms with van der Waals surface area (Å²) in [6.45, 7) is 8.72. The number of rotatable bonds is 11. The van der Waals surface area contributed by atoms with Crippen molar-refractivity contribution < 1.29 is 23.6 Å². The molecular weight excluding hydrogens is 415 g/mol. The van der Waals surface area contributed by atoms with E-state index >= 15 is 0 Å². The number of carboxylic acid groups (broad SMARTS) is 1. The summed E-state index contributed by atoms with van der Waals surface area (Å²) >= 11 is 0. The Balaban J connectivity index is 2.56. The minimum atomic E-state index is -2.91. The van der Waals surface area contributed by atoms with Crippen LogP contribution in [0, 0.1) is 0 Å². The highest BCUT2D eigenvalue weighted by Crippen LogP contribution is 2.39. The van der Waals surface area contributed by atoms with Gasteiger partial charge in [-0.15, -0.1) is 0 Å². The van der Waals surface area contributed by atoms with Crippen LogP contribution in [0.15, 0.2) is 60.7 Å². The van der Waals surface area contributed by atoms with E-state index in [1.807, 2.05) is 43.3 Å². The van der Waals surface area contributed by atoms with Gasteiger partial charge in [0.05, 0.1) is 6.42 Å². The third-order valence-corrected chi connectivity index (χ3v) is 11.4. The molecule has 0 heterocycles. The van der Waals surface area contributed by atoms with Crippen LogP contribution in [-0.4, -0.2) is 44.6 Å². The van der Waals surface area contributed by atoms with E-state index in [4.69, 9.17) is 9.16 Å². The van der Waals surface area contributed by atoms with Gasteiger partial charge in [-0.1, -0.05) is 86.0 Å². The molecule has 0 aliphatic carbocycles. The van der Waals surface area contributed by atoms with E-state index < -0.39 is 28.2 Å². The van der Waals surface area contributed by atoms with E-state index in [2.05, 4.69) is 45.0 Å². The summed E-state index contributed by atoms with van der Waals surface area (Å²) in [5.41, 5.74) is 0. The Morgan fingerprint density at radius 2 is 1.53 bits per heavy atom. The molecule has 0 aliphatic heterocycles. The Bertz CT molecular complexity index is 781. The van der Waals surface area contributed by atoms with Crippen LogP contribution in [0.1, 0.15) is 34.1 Å². The van der Waals surface area contributed by atoms with Crippen molar-refractivity contribution in [3.05, 3.63) is 60.7 Å². The lowest BCUT2D eigenvalue weighted by atomic mass is 10.2. The summed E-state index contributed by atoms with van der Waals surface area (Å²) < 4.78 is 24.7. The molecule has 2 aromatic carbocycles. The highest BCUT2D eigenvalue weighted by Gasteiger charge is 2.52. The fourth-order valence-corrected chi connectivity index (χ4v) is 9.72. The molecule has 7 heteroatoms. The molecule has 162 valence electrons. The number of benzene rings is 2. The van der Waals surface area contributed by atoms with E-state index in [1.54, 1.807) is 0 Å². The fourth-order valence-electron chi connectivity index (χ4n) is 3.75. The summed E-state index contributed by atoms with van der Waals surface area (Å²) in [4.78, 5) is 11.6. The lowest BCUT2D eigenvalue weighted by Gasteiger charge is -2.44. The van der Waals surface area contributed by atoms with Crippen molar-refractivity contribution in [3.63, 3.8) is 0 Å². The molecule has 0 aliphatic rings. The molecule has 1 unspecified atom stereocenters. The van der Waals surface area contributed by atoms with Crippen molar-refractivity contribution in [3.8, 4) is 0 Å². The van der Waals surface area contributed by atoms with Crippen LogP contribution in [0.4, 0.5) is 0 Å². The molecule has 2 aromatic rings. The maximum atomic E-state index is 12.6. The van der Waals surface area contributed by atoms with Gasteiger partial charge < -0.3 is 14.3 Å². The number of hydrogen-bond acceptors (Lipinski definition) is 4. The Kier molecular flexibility index (Phi) is 8.92. The maximum absolute atomic E-state index is 12.6. The molecule has 0 aromatic heterocycles. The predicted molar refractivity (Wildman–Crippen MR) is 124 cm³/mol. The SMILES string of the molecule is CCOC[P+](=O)C[C@H](CC(=O)O)O[Si](c1ccccc1)(c1ccccc1)C(C)(C)C. The Labute approximate surface area is 181 Å². The van der Waals surface area contributed by atoms with Crippen molar-refractivity contribution in [2.45, 2.75) is 45.3 Å². The molecule has 0 spiro atoms. The molecule has 5 nitrogen and oxygen atoms in total. The maximum Gasteiger partial charge on any atom is 0.369 e. The Morgan fingerprint density at radius 3 is 1.93 bits per heavy atom. The molecule has 0 radical (unpaired) electrons. The van der Waals surface area contributed by atoms with Gasteiger partial charge in [0.15, 0.2) is 6.16 Å². The molecule has 0 amide bonds. The standard InChI is InChI=1S/C23H31O5PSi/c1-5-27-18-29(26)17-19(16-22(24)25)28-30(23(2,3)4,20-12-8-6-9-13-20)21-14-10-7-11-15-21/h6-15,19H,5,16-18H2,1-4H3/p+1/t19-/m0/s1. The van der Waals surface area contributed by atoms with E-state index in [9.17, 15) is 14.5 Å². The largest absolute Gasteiger partial charge is 0.481 e. The van der Waals surface area contributed by atoms with E-state index in [-0.39, 0.29) is 24.0 Å². The first-order chi connectivity index (χ1) is 14.2. The molecule has 0 bridgehead atoms. The van der Waals surface area contributed by atoms with Crippen LogP contribution in [0.2, 0.25) is 5.04 Å². The fraction of sp³-hybridized carbons (Fsp3) is 0.435. The van der Waals surface area contributed by atoms with Gasteiger partial charge in [-0.2, -0.15) is 0 Å². The highest BCUT2D eigenvalue weighted by molar-refractivity contribution is 7.44. The zero-order valence-corrected chi connectivity index (χ0v) is 20.1. The monoisotopic (exact) mass is 447 g/mol. The lowest BCUT2D eigenvalue weighted by Crippen LogP contribution is -2.68. The van der Waals surface area contributed by atoms with Crippen LogP contribution >= 0.6 is 7.80 Å². The molecule has 0 fully saturated rings. The van der Waals surface area contributed by atoms with Crippen molar-refractivity contribution in [2.24, 2.45) is 0 Å². The third-order valence-electron chi connectivity index (χ3n) is 5.01. The number of ether oxygens (including phenoxy) is 1. The highest BCUT2D eigenvalue weighted by atomic mass is 31.1. The second kappa shape index (κ2) is 11.0. The molecule has 1 N–H and O–H groups in total. The summed E-state index contributed by atoms with van der Waals surface area (Å²) in [7, 11) is -4.63. The topological polar surface area (TPSA) is 72.8 Å². The van der Waals surface area contributed by atoms with Gasteiger partial charge in [-0.25, -0.2) is 0 Å². The number of carbonyl (C=O) groups is 1. The second-order valence-corrected chi connectivity index (χ2v) is 14.1. The molecule has 0 saturated heterocycles. The van der Waals surface area contributed by atoms with Gasteiger partial charge in [0.25, 0.3) is 8.32 Å². The molecule has 30 heavy (non-hydrogen) atoms. The van der Waals surface area contributed by atoms with Gasteiger partial charge in [-0.05, 0) is 22.3 Å². The minimum Gasteiger partial charge on any atom is -0.481 e. The summed E-state index contributed by atoms with van der Waals surface area (Å²) in [6, 6.07) is 20.1. The number of hydrogen-bond donors (Lipinski definition) is 1. The molecule has 2 atom stereocenters. The van der Waals surface area contributed by atoms with Crippen LogP contribution in [-0.2, 0) is 18.5 Å². The minimum absolute atomic E-state index is 0.117. The normalized spacial score (nSPS) is 13.7. The van der Waals surface area contributed by atoms with Gasteiger partial charge in [0.1, 0.15) is 6.10 Å². The van der Waals surface area contributed by atoms with Gasteiger partial charge in [-0.3, -0.25) is 4.79 Å².